The van der Waals surface area contributed by atoms with E-state index in [2.05, 4.69) is 29.9 Å². The summed E-state index contributed by atoms with van der Waals surface area (Å²) in [4.78, 5) is 19.2. The molecule has 3 rings (SSSR count). The average Bonchev–Trinajstić information content (AvgIpc) is 3.16. The SMILES string of the molecule is Cc1cccc(-c2nc(C3CC3)cc(=O)[nH]2)c1C. The molecule has 1 heterocycles. The van der Waals surface area contributed by atoms with Crippen molar-refractivity contribution in [3.8, 4) is 11.4 Å². The van der Waals surface area contributed by atoms with Crippen molar-refractivity contribution < 1.29 is 0 Å². The summed E-state index contributed by atoms with van der Waals surface area (Å²) in [7, 11) is 0. The minimum absolute atomic E-state index is 0.0530. The lowest BCUT2D eigenvalue weighted by Gasteiger charge is -2.08. The van der Waals surface area contributed by atoms with Crippen LogP contribution in [-0.4, -0.2) is 9.97 Å². The maximum atomic E-state index is 11.7. The summed E-state index contributed by atoms with van der Waals surface area (Å²) in [5.41, 5.74) is 4.30. The van der Waals surface area contributed by atoms with Crippen molar-refractivity contribution in [2.75, 3.05) is 0 Å². The molecule has 2 aromatic rings. The smallest absolute Gasteiger partial charge is 0.251 e. The van der Waals surface area contributed by atoms with E-state index in [0.717, 1.165) is 24.1 Å². The molecular weight excluding hydrogens is 224 g/mol. The summed E-state index contributed by atoms with van der Waals surface area (Å²) in [5, 5.41) is 0. The van der Waals surface area contributed by atoms with Gasteiger partial charge in [-0.3, -0.25) is 4.79 Å². The van der Waals surface area contributed by atoms with Crippen LogP contribution in [0.3, 0.4) is 0 Å². The molecule has 0 spiro atoms. The highest BCUT2D eigenvalue weighted by atomic mass is 16.1. The third kappa shape index (κ3) is 1.96. The van der Waals surface area contributed by atoms with Crippen LogP contribution in [0.25, 0.3) is 11.4 Å². The molecule has 0 radical (unpaired) electrons. The molecule has 92 valence electrons. The Morgan fingerprint density at radius 2 is 2.06 bits per heavy atom. The molecule has 1 aliphatic carbocycles. The lowest BCUT2D eigenvalue weighted by molar-refractivity contribution is 0.975. The normalized spacial score (nSPS) is 14.8. The minimum atomic E-state index is -0.0530. The van der Waals surface area contributed by atoms with E-state index in [1.165, 1.54) is 11.1 Å². The van der Waals surface area contributed by atoms with Crippen LogP contribution in [0.5, 0.6) is 0 Å². The first-order valence-corrected chi connectivity index (χ1v) is 6.33. The van der Waals surface area contributed by atoms with Crippen LogP contribution in [0.15, 0.2) is 29.1 Å². The largest absolute Gasteiger partial charge is 0.307 e. The monoisotopic (exact) mass is 240 g/mol. The number of rotatable bonds is 2. The molecule has 0 bridgehead atoms. The summed E-state index contributed by atoms with van der Waals surface area (Å²) < 4.78 is 0. The Morgan fingerprint density at radius 1 is 1.28 bits per heavy atom. The number of hydrogen-bond acceptors (Lipinski definition) is 2. The van der Waals surface area contributed by atoms with Gasteiger partial charge in [-0.2, -0.15) is 0 Å². The van der Waals surface area contributed by atoms with E-state index < -0.39 is 0 Å². The second-order valence-electron chi connectivity index (χ2n) is 5.04. The van der Waals surface area contributed by atoms with E-state index in [4.69, 9.17) is 0 Å². The zero-order valence-corrected chi connectivity index (χ0v) is 10.7. The number of aryl methyl sites for hydroxylation is 1. The number of aromatic amines is 1. The van der Waals surface area contributed by atoms with E-state index in [1.54, 1.807) is 6.07 Å². The highest BCUT2D eigenvalue weighted by Gasteiger charge is 2.26. The molecule has 1 aromatic carbocycles. The molecule has 1 fully saturated rings. The molecule has 0 atom stereocenters. The summed E-state index contributed by atoms with van der Waals surface area (Å²) in [6, 6.07) is 7.72. The van der Waals surface area contributed by atoms with Crippen molar-refractivity contribution in [3.63, 3.8) is 0 Å². The van der Waals surface area contributed by atoms with Crippen LogP contribution in [0.4, 0.5) is 0 Å². The maximum absolute atomic E-state index is 11.7. The van der Waals surface area contributed by atoms with Crippen molar-refractivity contribution in [1.82, 2.24) is 9.97 Å². The molecule has 0 unspecified atom stereocenters. The third-order valence-corrected chi connectivity index (χ3v) is 3.62. The third-order valence-electron chi connectivity index (χ3n) is 3.62. The summed E-state index contributed by atoms with van der Waals surface area (Å²) in [6.07, 6.45) is 2.31. The number of aromatic nitrogens is 2. The fourth-order valence-corrected chi connectivity index (χ4v) is 2.20. The summed E-state index contributed by atoms with van der Waals surface area (Å²) in [6.45, 7) is 4.14. The van der Waals surface area contributed by atoms with Gasteiger partial charge in [0.15, 0.2) is 0 Å². The standard InChI is InChI=1S/C15H16N2O/c1-9-4-3-5-12(10(9)2)15-16-13(11-6-7-11)8-14(18)17-15/h3-5,8,11H,6-7H2,1-2H3,(H,16,17,18). The van der Waals surface area contributed by atoms with Gasteiger partial charge in [0, 0.05) is 17.5 Å². The van der Waals surface area contributed by atoms with Crippen molar-refractivity contribution in [2.45, 2.75) is 32.6 Å². The van der Waals surface area contributed by atoms with Gasteiger partial charge in [0.05, 0.1) is 5.69 Å². The van der Waals surface area contributed by atoms with E-state index in [0.29, 0.717) is 11.7 Å². The molecule has 0 amide bonds. The molecule has 0 saturated heterocycles. The molecule has 1 N–H and O–H groups in total. The lowest BCUT2D eigenvalue weighted by atomic mass is 10.0. The topological polar surface area (TPSA) is 45.8 Å². The fourth-order valence-electron chi connectivity index (χ4n) is 2.20. The Balaban J connectivity index is 2.16. The first kappa shape index (κ1) is 11.2. The highest BCUT2D eigenvalue weighted by Crippen LogP contribution is 2.38. The summed E-state index contributed by atoms with van der Waals surface area (Å²) >= 11 is 0. The van der Waals surface area contributed by atoms with Crippen LogP contribution in [0.2, 0.25) is 0 Å². The van der Waals surface area contributed by atoms with Crippen LogP contribution < -0.4 is 5.56 Å². The molecule has 18 heavy (non-hydrogen) atoms. The Kier molecular flexibility index (Phi) is 2.54. The van der Waals surface area contributed by atoms with Gasteiger partial charge in [-0.05, 0) is 37.8 Å². The number of nitrogens with zero attached hydrogens (tertiary/aromatic N) is 1. The van der Waals surface area contributed by atoms with Gasteiger partial charge in [-0.25, -0.2) is 4.98 Å². The Hall–Kier alpha value is -1.90. The van der Waals surface area contributed by atoms with Crippen LogP contribution in [-0.2, 0) is 0 Å². The minimum Gasteiger partial charge on any atom is -0.307 e. The number of H-pyrrole nitrogens is 1. The molecule has 3 heteroatoms. The van der Waals surface area contributed by atoms with E-state index in [-0.39, 0.29) is 5.56 Å². The fraction of sp³-hybridized carbons (Fsp3) is 0.333. The van der Waals surface area contributed by atoms with Crippen LogP contribution >= 0.6 is 0 Å². The van der Waals surface area contributed by atoms with E-state index in [9.17, 15) is 4.79 Å². The van der Waals surface area contributed by atoms with E-state index in [1.807, 2.05) is 12.1 Å². The van der Waals surface area contributed by atoms with Crippen LogP contribution in [0.1, 0.15) is 35.6 Å². The first-order chi connectivity index (χ1) is 8.65. The Morgan fingerprint density at radius 3 is 2.78 bits per heavy atom. The van der Waals surface area contributed by atoms with Crippen LogP contribution in [0, 0.1) is 13.8 Å². The predicted octanol–water partition coefficient (Wildman–Crippen LogP) is 2.93. The van der Waals surface area contributed by atoms with Crippen molar-refractivity contribution in [2.24, 2.45) is 0 Å². The van der Waals surface area contributed by atoms with Gasteiger partial charge in [0.2, 0.25) is 0 Å². The maximum Gasteiger partial charge on any atom is 0.251 e. The molecule has 1 saturated carbocycles. The van der Waals surface area contributed by atoms with Crippen molar-refractivity contribution in [1.29, 1.82) is 0 Å². The molecular formula is C15H16N2O. The van der Waals surface area contributed by atoms with E-state index >= 15 is 0 Å². The Bertz CT molecular complexity index is 654. The quantitative estimate of drug-likeness (QED) is 0.877. The Labute approximate surface area is 106 Å². The summed E-state index contributed by atoms with van der Waals surface area (Å²) in [5.74, 6) is 1.20. The van der Waals surface area contributed by atoms with Crippen molar-refractivity contribution >= 4 is 0 Å². The van der Waals surface area contributed by atoms with Gasteiger partial charge >= 0.3 is 0 Å². The van der Waals surface area contributed by atoms with Crippen molar-refractivity contribution in [3.05, 3.63) is 51.4 Å². The second kappa shape index (κ2) is 4.09. The average molecular weight is 240 g/mol. The predicted molar refractivity (Wildman–Crippen MR) is 71.7 cm³/mol. The first-order valence-electron chi connectivity index (χ1n) is 6.33. The number of benzene rings is 1. The molecule has 1 aliphatic rings. The highest BCUT2D eigenvalue weighted by molar-refractivity contribution is 5.61. The number of hydrogen-bond donors (Lipinski definition) is 1. The van der Waals surface area contributed by atoms with Gasteiger partial charge in [-0.15, -0.1) is 0 Å². The van der Waals surface area contributed by atoms with Gasteiger partial charge in [0.1, 0.15) is 5.82 Å². The van der Waals surface area contributed by atoms with Gasteiger partial charge in [-0.1, -0.05) is 18.2 Å². The molecule has 1 aromatic heterocycles. The lowest BCUT2D eigenvalue weighted by Crippen LogP contribution is -2.10. The second-order valence-corrected chi connectivity index (χ2v) is 5.04. The van der Waals surface area contributed by atoms with Gasteiger partial charge in [0.25, 0.3) is 5.56 Å². The van der Waals surface area contributed by atoms with Gasteiger partial charge < -0.3 is 4.98 Å². The molecule has 0 aliphatic heterocycles. The zero-order valence-electron chi connectivity index (χ0n) is 10.7. The zero-order chi connectivity index (χ0) is 12.7. The number of nitrogens with one attached hydrogen (secondary N) is 1. The molecule has 3 nitrogen and oxygen atoms in total.